The summed E-state index contributed by atoms with van der Waals surface area (Å²) in [6.07, 6.45) is 5.07. The molecule has 0 unspecified atom stereocenters. The normalized spacial score (nSPS) is 11.3. The van der Waals surface area contributed by atoms with E-state index in [-0.39, 0.29) is 18.7 Å². The number of imidazole rings is 1. The fraction of sp³-hybridized carbons (Fsp3) is 0.292. The van der Waals surface area contributed by atoms with Gasteiger partial charge in [0.05, 0.1) is 6.33 Å². The lowest BCUT2D eigenvalue weighted by Gasteiger charge is -2.23. The van der Waals surface area contributed by atoms with Crippen molar-refractivity contribution >= 4 is 29.6 Å². The zero-order valence-corrected chi connectivity index (χ0v) is 21.0. The number of carboxylic acid groups (broad SMARTS) is 1. The Hall–Kier alpha value is -5.01. The summed E-state index contributed by atoms with van der Waals surface area (Å²) in [4.78, 5) is 71.3. The third-order valence-electron chi connectivity index (χ3n) is 4.55. The van der Waals surface area contributed by atoms with Crippen molar-refractivity contribution in [2.45, 2.75) is 45.3 Å². The van der Waals surface area contributed by atoms with Crippen molar-refractivity contribution in [3.8, 4) is 11.4 Å². The molecule has 0 radical (unpaired) electrons. The van der Waals surface area contributed by atoms with Gasteiger partial charge in [-0.2, -0.15) is 0 Å². The lowest BCUT2D eigenvalue weighted by atomic mass is 10.1. The minimum atomic E-state index is -1.39. The molecule has 0 aliphatic rings. The summed E-state index contributed by atoms with van der Waals surface area (Å²) in [7, 11) is 0. The number of amides is 3. The number of hydrogen-bond donors (Lipinski definition) is 6. The highest BCUT2D eigenvalue weighted by molar-refractivity contribution is 5.97. The Kier molecular flexibility index (Phi) is 10.3. The summed E-state index contributed by atoms with van der Waals surface area (Å²) < 4.78 is 5.15. The maximum absolute atomic E-state index is 12.7. The van der Waals surface area contributed by atoms with Gasteiger partial charge in [-0.05, 0) is 51.5 Å². The molecule has 2 heterocycles. The molecule has 0 aliphatic heterocycles. The zero-order valence-electron chi connectivity index (χ0n) is 21.0. The average Bonchev–Trinajstić information content (AvgIpc) is 3.41. The van der Waals surface area contributed by atoms with E-state index in [0.29, 0.717) is 11.3 Å². The number of carbonyl (C=O) groups excluding carboxylic acids is 3. The van der Waals surface area contributed by atoms with E-state index in [1.54, 1.807) is 51.6 Å². The van der Waals surface area contributed by atoms with Gasteiger partial charge in [-0.3, -0.25) is 14.4 Å². The number of aromatic amines is 2. The Labute approximate surface area is 217 Å². The number of aromatic carboxylic acids is 1. The first-order valence-electron chi connectivity index (χ1n) is 11.3. The molecule has 0 saturated heterocycles. The molecule has 2 aromatic heterocycles. The summed E-state index contributed by atoms with van der Waals surface area (Å²) in [6, 6.07) is 5.07. The Morgan fingerprint density at radius 3 is 2.32 bits per heavy atom. The van der Waals surface area contributed by atoms with Crippen LogP contribution in [0.4, 0.5) is 10.5 Å². The van der Waals surface area contributed by atoms with Crippen LogP contribution in [-0.2, 0) is 14.3 Å². The molecule has 3 amide bonds. The van der Waals surface area contributed by atoms with Crippen molar-refractivity contribution in [3.63, 3.8) is 0 Å². The highest BCUT2D eigenvalue weighted by atomic mass is 16.6. The van der Waals surface area contributed by atoms with Gasteiger partial charge in [-0.25, -0.2) is 19.6 Å². The number of nitrogens with one attached hydrogen (secondary N) is 4. The Morgan fingerprint density at radius 1 is 1.16 bits per heavy atom. The SMILES string of the molecule is CC(C)(C)OC(=O)N[C@@H](CCC(N)=O)C(=O)Nc1ccc(-c2ncc(C(=O)O)c(=O)[nH]2)cc1.c1c[nH]cn1. The van der Waals surface area contributed by atoms with Crippen molar-refractivity contribution in [1.82, 2.24) is 25.3 Å². The van der Waals surface area contributed by atoms with E-state index in [1.165, 1.54) is 12.1 Å². The first-order chi connectivity index (χ1) is 17.9. The van der Waals surface area contributed by atoms with E-state index in [2.05, 4.69) is 30.6 Å². The number of alkyl carbamates (subject to hydrolysis) is 1. The second-order valence-electron chi connectivity index (χ2n) is 8.81. The minimum Gasteiger partial charge on any atom is -0.477 e. The van der Waals surface area contributed by atoms with Gasteiger partial charge >= 0.3 is 12.1 Å². The van der Waals surface area contributed by atoms with Crippen molar-refractivity contribution in [3.05, 3.63) is 65.1 Å². The van der Waals surface area contributed by atoms with Crippen LogP contribution in [0, 0.1) is 0 Å². The quantitative estimate of drug-likeness (QED) is 0.250. The van der Waals surface area contributed by atoms with Crippen LogP contribution in [0.25, 0.3) is 11.4 Å². The Morgan fingerprint density at radius 2 is 1.84 bits per heavy atom. The van der Waals surface area contributed by atoms with Crippen LogP contribution >= 0.6 is 0 Å². The van der Waals surface area contributed by atoms with Crippen LogP contribution in [0.15, 0.2) is 54.0 Å². The van der Waals surface area contributed by atoms with Gasteiger partial charge in [0.1, 0.15) is 23.0 Å². The van der Waals surface area contributed by atoms with Crippen LogP contribution < -0.4 is 21.9 Å². The molecule has 1 atom stereocenters. The van der Waals surface area contributed by atoms with Gasteiger partial charge in [0.2, 0.25) is 11.8 Å². The fourth-order valence-corrected chi connectivity index (χ4v) is 2.86. The van der Waals surface area contributed by atoms with Crippen molar-refractivity contribution < 1.29 is 29.0 Å². The van der Waals surface area contributed by atoms with Gasteiger partial charge in [0.15, 0.2) is 0 Å². The Bertz CT molecular complexity index is 1280. The van der Waals surface area contributed by atoms with Gasteiger partial charge in [0, 0.05) is 36.3 Å². The molecule has 3 rings (SSSR count). The molecule has 14 nitrogen and oxygen atoms in total. The first-order valence-corrected chi connectivity index (χ1v) is 11.3. The minimum absolute atomic E-state index is 0.0282. The maximum Gasteiger partial charge on any atom is 0.408 e. The van der Waals surface area contributed by atoms with Crippen LogP contribution in [-0.4, -0.2) is 60.6 Å². The Balaban J connectivity index is 0.000000904. The number of nitrogens with zero attached hydrogens (tertiary/aromatic N) is 2. The molecule has 0 spiro atoms. The molecule has 14 heteroatoms. The topological polar surface area (TPSA) is 222 Å². The third kappa shape index (κ3) is 9.93. The molecule has 0 fully saturated rings. The van der Waals surface area contributed by atoms with Gasteiger partial charge in [-0.15, -0.1) is 0 Å². The van der Waals surface area contributed by atoms with Crippen LogP contribution in [0.3, 0.4) is 0 Å². The fourth-order valence-electron chi connectivity index (χ4n) is 2.86. The number of rotatable bonds is 8. The molecule has 38 heavy (non-hydrogen) atoms. The molecule has 3 aromatic rings. The average molecular weight is 528 g/mol. The number of carbonyl (C=O) groups is 4. The number of hydrogen-bond acceptors (Lipinski definition) is 8. The van der Waals surface area contributed by atoms with Crippen molar-refractivity contribution in [2.24, 2.45) is 5.73 Å². The van der Waals surface area contributed by atoms with E-state index in [0.717, 1.165) is 6.20 Å². The first kappa shape index (κ1) is 29.2. The lowest BCUT2D eigenvalue weighted by Crippen LogP contribution is -2.46. The number of nitrogens with two attached hydrogens (primary N) is 1. The van der Waals surface area contributed by atoms with Crippen LogP contribution in [0.2, 0.25) is 0 Å². The third-order valence-corrected chi connectivity index (χ3v) is 4.55. The molecular weight excluding hydrogens is 498 g/mol. The molecule has 7 N–H and O–H groups in total. The number of anilines is 1. The molecule has 202 valence electrons. The molecule has 0 bridgehead atoms. The number of ether oxygens (including phenoxy) is 1. The van der Waals surface area contributed by atoms with Crippen LogP contribution in [0.1, 0.15) is 44.0 Å². The predicted molar refractivity (Wildman–Crippen MR) is 136 cm³/mol. The van der Waals surface area contributed by atoms with Crippen LogP contribution in [0.5, 0.6) is 0 Å². The number of benzene rings is 1. The summed E-state index contributed by atoms with van der Waals surface area (Å²) in [5, 5.41) is 14.0. The molecule has 1 aromatic carbocycles. The maximum atomic E-state index is 12.7. The van der Waals surface area contributed by atoms with Gasteiger partial charge in [0.25, 0.3) is 5.56 Å². The largest absolute Gasteiger partial charge is 0.477 e. The number of H-pyrrole nitrogens is 2. The second kappa shape index (κ2) is 13.3. The standard InChI is InChI=1S/C21H25N5O7.C3H4N2/c1-21(2,3)33-20(32)25-14(8-9-15(22)27)18(29)24-12-6-4-11(5-7-12)16-23-10-13(19(30)31)17(28)26-16;1-2-5-3-4-1/h4-7,10,14H,8-9H2,1-3H3,(H2,22,27)(H,24,29)(H,25,32)(H,30,31)(H,23,26,28);1-3H,(H,4,5)/t14-;/m0./s1. The summed E-state index contributed by atoms with van der Waals surface area (Å²) in [5.74, 6) is -2.46. The van der Waals surface area contributed by atoms with E-state index in [9.17, 15) is 24.0 Å². The van der Waals surface area contributed by atoms with E-state index >= 15 is 0 Å². The van der Waals surface area contributed by atoms with Crippen molar-refractivity contribution in [2.75, 3.05) is 5.32 Å². The summed E-state index contributed by atoms with van der Waals surface area (Å²) in [5.41, 5.74) is 3.94. The van der Waals surface area contributed by atoms with E-state index < -0.39 is 46.6 Å². The molecule has 0 saturated carbocycles. The van der Waals surface area contributed by atoms with E-state index in [1.807, 2.05) is 0 Å². The van der Waals surface area contributed by atoms with Crippen molar-refractivity contribution in [1.29, 1.82) is 0 Å². The highest BCUT2D eigenvalue weighted by Crippen LogP contribution is 2.18. The predicted octanol–water partition coefficient (Wildman–Crippen LogP) is 1.64. The second-order valence-corrected chi connectivity index (χ2v) is 8.81. The number of primary amides is 1. The lowest BCUT2D eigenvalue weighted by molar-refractivity contribution is -0.119. The smallest absolute Gasteiger partial charge is 0.408 e. The number of aromatic nitrogens is 4. The number of carboxylic acids is 1. The van der Waals surface area contributed by atoms with Gasteiger partial charge < -0.3 is 36.2 Å². The molecular formula is C24H29N7O7. The molecule has 0 aliphatic carbocycles. The highest BCUT2D eigenvalue weighted by Gasteiger charge is 2.25. The monoisotopic (exact) mass is 527 g/mol. The summed E-state index contributed by atoms with van der Waals surface area (Å²) >= 11 is 0. The van der Waals surface area contributed by atoms with Gasteiger partial charge in [-0.1, -0.05) is 0 Å². The van der Waals surface area contributed by atoms with E-state index in [4.69, 9.17) is 15.6 Å². The zero-order chi connectivity index (χ0) is 28.3. The summed E-state index contributed by atoms with van der Waals surface area (Å²) in [6.45, 7) is 5.01.